The normalized spacial score (nSPS) is 12.1. The molecule has 0 aliphatic heterocycles. The van der Waals surface area contributed by atoms with Gasteiger partial charge < -0.3 is 11.1 Å². The number of anilines is 1. The first-order valence-electron chi connectivity index (χ1n) is 7.94. The van der Waals surface area contributed by atoms with E-state index in [4.69, 9.17) is 5.73 Å². The summed E-state index contributed by atoms with van der Waals surface area (Å²) in [5.74, 6) is -0.0833. The first-order valence-corrected chi connectivity index (χ1v) is 8.76. The quantitative estimate of drug-likeness (QED) is 0.731. The van der Waals surface area contributed by atoms with Crippen LogP contribution < -0.4 is 11.1 Å². The van der Waals surface area contributed by atoms with Gasteiger partial charge >= 0.3 is 0 Å². The van der Waals surface area contributed by atoms with Gasteiger partial charge in [-0.1, -0.05) is 29.5 Å². The summed E-state index contributed by atoms with van der Waals surface area (Å²) in [4.78, 5) is 12.4. The van der Waals surface area contributed by atoms with E-state index in [1.54, 1.807) is 0 Å². The maximum Gasteiger partial charge on any atom is 0.225 e. The molecule has 3 N–H and O–H groups in total. The molecule has 1 aromatic carbocycles. The predicted molar refractivity (Wildman–Crippen MR) is 97.6 cm³/mol. The zero-order valence-corrected chi connectivity index (χ0v) is 15.2. The molecular formula is C17H20N6OS. The van der Waals surface area contributed by atoms with Crippen molar-refractivity contribution in [2.75, 3.05) is 5.73 Å². The van der Waals surface area contributed by atoms with Crippen molar-refractivity contribution in [3.63, 3.8) is 0 Å². The number of aromatic nitrogens is 4. The molecule has 3 aromatic rings. The second kappa shape index (κ2) is 7.02. The maximum atomic E-state index is 12.4. The Labute approximate surface area is 149 Å². The SMILES string of the molecule is Cc1nn(-c2ccccc2)c(C)c1CC(=O)NC(C)c1nnc(N)s1. The minimum atomic E-state index is -0.230. The Hall–Kier alpha value is -2.74. The third-order valence-corrected chi connectivity index (χ3v) is 4.92. The number of carbonyl (C=O) groups is 1. The summed E-state index contributed by atoms with van der Waals surface area (Å²) < 4.78 is 1.87. The molecule has 2 heterocycles. The van der Waals surface area contributed by atoms with E-state index >= 15 is 0 Å². The van der Waals surface area contributed by atoms with E-state index in [0.29, 0.717) is 10.1 Å². The molecule has 3 rings (SSSR count). The Balaban J connectivity index is 1.74. The third-order valence-electron chi connectivity index (χ3n) is 3.98. The number of aryl methyl sites for hydroxylation is 1. The number of nitrogens with zero attached hydrogens (tertiary/aromatic N) is 4. The van der Waals surface area contributed by atoms with Crippen molar-refractivity contribution in [1.29, 1.82) is 0 Å². The zero-order chi connectivity index (χ0) is 18.0. The highest BCUT2D eigenvalue weighted by Crippen LogP contribution is 2.21. The van der Waals surface area contributed by atoms with Crippen LogP contribution in [0, 0.1) is 13.8 Å². The Bertz CT molecular complexity index is 886. The van der Waals surface area contributed by atoms with Crippen molar-refractivity contribution in [3.8, 4) is 5.69 Å². The molecule has 130 valence electrons. The third kappa shape index (κ3) is 3.69. The summed E-state index contributed by atoms with van der Waals surface area (Å²) in [5, 5.41) is 16.3. The minimum absolute atomic E-state index is 0.0833. The van der Waals surface area contributed by atoms with Gasteiger partial charge in [0.15, 0.2) is 0 Å². The van der Waals surface area contributed by atoms with Crippen molar-refractivity contribution >= 4 is 22.4 Å². The molecule has 2 aromatic heterocycles. The highest BCUT2D eigenvalue weighted by molar-refractivity contribution is 7.15. The van der Waals surface area contributed by atoms with E-state index in [1.807, 2.05) is 55.8 Å². The first-order chi connectivity index (χ1) is 12.0. The maximum absolute atomic E-state index is 12.4. The van der Waals surface area contributed by atoms with Crippen molar-refractivity contribution < 1.29 is 4.79 Å². The molecule has 0 radical (unpaired) electrons. The van der Waals surface area contributed by atoms with Gasteiger partial charge in [0.05, 0.1) is 23.8 Å². The number of para-hydroxylation sites is 1. The van der Waals surface area contributed by atoms with E-state index in [-0.39, 0.29) is 18.4 Å². The first kappa shape index (κ1) is 17.1. The molecule has 0 saturated carbocycles. The lowest BCUT2D eigenvalue weighted by Crippen LogP contribution is -2.28. The average Bonchev–Trinajstić information content (AvgIpc) is 3.14. The summed E-state index contributed by atoms with van der Waals surface area (Å²) in [6.45, 7) is 5.76. The molecule has 0 saturated heterocycles. The Morgan fingerprint density at radius 2 is 2.00 bits per heavy atom. The summed E-state index contributed by atoms with van der Waals surface area (Å²) in [5.41, 5.74) is 9.32. The van der Waals surface area contributed by atoms with Crippen LogP contribution in [-0.2, 0) is 11.2 Å². The van der Waals surface area contributed by atoms with E-state index in [1.165, 1.54) is 11.3 Å². The Morgan fingerprint density at radius 3 is 2.64 bits per heavy atom. The van der Waals surface area contributed by atoms with Crippen molar-refractivity contribution in [1.82, 2.24) is 25.3 Å². The standard InChI is InChI=1S/C17H20N6OS/c1-10-14(12(3)23(22-10)13-7-5-4-6-8-13)9-15(24)19-11(2)16-20-21-17(18)25-16/h4-8,11H,9H2,1-3H3,(H2,18,21)(H,19,24). The van der Waals surface area contributed by atoms with Crippen LogP contribution in [0.4, 0.5) is 5.13 Å². The molecular weight excluding hydrogens is 336 g/mol. The minimum Gasteiger partial charge on any atom is -0.374 e. The molecule has 25 heavy (non-hydrogen) atoms. The van der Waals surface area contributed by atoms with Crippen LogP contribution in [0.1, 0.15) is 34.9 Å². The molecule has 0 bridgehead atoms. The summed E-state index contributed by atoms with van der Waals surface area (Å²) in [7, 11) is 0. The van der Waals surface area contributed by atoms with Crippen LogP contribution in [0.2, 0.25) is 0 Å². The highest BCUT2D eigenvalue weighted by atomic mass is 32.1. The summed E-state index contributed by atoms with van der Waals surface area (Å²) in [6.07, 6.45) is 0.267. The zero-order valence-electron chi connectivity index (χ0n) is 14.4. The lowest BCUT2D eigenvalue weighted by atomic mass is 10.1. The smallest absolute Gasteiger partial charge is 0.225 e. The van der Waals surface area contributed by atoms with E-state index in [9.17, 15) is 4.79 Å². The Morgan fingerprint density at radius 1 is 1.28 bits per heavy atom. The number of nitrogens with two attached hydrogens (primary N) is 1. The molecule has 8 heteroatoms. The van der Waals surface area contributed by atoms with Gasteiger partial charge in [0.25, 0.3) is 0 Å². The van der Waals surface area contributed by atoms with Crippen LogP contribution in [0.3, 0.4) is 0 Å². The molecule has 1 unspecified atom stereocenters. The van der Waals surface area contributed by atoms with Gasteiger partial charge in [0, 0.05) is 11.3 Å². The van der Waals surface area contributed by atoms with Gasteiger partial charge in [-0.15, -0.1) is 10.2 Å². The fraction of sp³-hybridized carbons (Fsp3) is 0.294. The monoisotopic (exact) mass is 356 g/mol. The van der Waals surface area contributed by atoms with Gasteiger partial charge in [0.2, 0.25) is 11.0 Å². The van der Waals surface area contributed by atoms with Crippen LogP contribution in [-0.4, -0.2) is 25.9 Å². The molecule has 1 amide bonds. The van der Waals surface area contributed by atoms with Gasteiger partial charge in [-0.2, -0.15) is 5.10 Å². The largest absolute Gasteiger partial charge is 0.374 e. The fourth-order valence-electron chi connectivity index (χ4n) is 2.69. The number of nitrogens with one attached hydrogen (secondary N) is 1. The number of hydrogen-bond acceptors (Lipinski definition) is 6. The van der Waals surface area contributed by atoms with E-state index in [0.717, 1.165) is 22.6 Å². The number of amides is 1. The molecule has 7 nitrogen and oxygen atoms in total. The lowest BCUT2D eigenvalue weighted by Gasteiger charge is -2.11. The number of rotatable bonds is 5. The van der Waals surface area contributed by atoms with E-state index < -0.39 is 0 Å². The average molecular weight is 356 g/mol. The summed E-state index contributed by atoms with van der Waals surface area (Å²) >= 11 is 1.28. The molecule has 0 aliphatic rings. The second-order valence-corrected chi connectivity index (χ2v) is 6.88. The second-order valence-electron chi connectivity index (χ2n) is 5.84. The Kier molecular flexibility index (Phi) is 4.80. The molecule has 0 fully saturated rings. The lowest BCUT2D eigenvalue weighted by molar-refractivity contribution is -0.121. The van der Waals surface area contributed by atoms with Gasteiger partial charge in [-0.3, -0.25) is 4.79 Å². The van der Waals surface area contributed by atoms with Crippen molar-refractivity contribution in [3.05, 3.63) is 52.3 Å². The van der Waals surface area contributed by atoms with E-state index in [2.05, 4.69) is 20.6 Å². The molecule has 0 aliphatic carbocycles. The predicted octanol–water partition coefficient (Wildman–Crippen LogP) is 2.34. The number of benzene rings is 1. The van der Waals surface area contributed by atoms with Crippen LogP contribution in [0.15, 0.2) is 30.3 Å². The highest BCUT2D eigenvalue weighted by Gasteiger charge is 2.18. The van der Waals surface area contributed by atoms with Gasteiger partial charge in [0.1, 0.15) is 5.01 Å². The molecule has 1 atom stereocenters. The van der Waals surface area contributed by atoms with Crippen molar-refractivity contribution in [2.24, 2.45) is 0 Å². The van der Waals surface area contributed by atoms with Crippen LogP contribution in [0.5, 0.6) is 0 Å². The molecule has 0 spiro atoms. The summed E-state index contributed by atoms with van der Waals surface area (Å²) in [6, 6.07) is 9.65. The van der Waals surface area contributed by atoms with Crippen molar-refractivity contribution in [2.45, 2.75) is 33.2 Å². The topological polar surface area (TPSA) is 98.7 Å². The number of hydrogen-bond donors (Lipinski definition) is 2. The fourth-order valence-corrected chi connectivity index (χ4v) is 3.30. The van der Waals surface area contributed by atoms with Gasteiger partial charge in [-0.05, 0) is 32.9 Å². The number of nitrogen functional groups attached to an aromatic ring is 1. The van der Waals surface area contributed by atoms with Crippen LogP contribution in [0.25, 0.3) is 5.69 Å². The van der Waals surface area contributed by atoms with Gasteiger partial charge in [-0.25, -0.2) is 4.68 Å². The van der Waals surface area contributed by atoms with Crippen LogP contribution >= 0.6 is 11.3 Å². The number of carbonyl (C=O) groups excluding carboxylic acids is 1.